The summed E-state index contributed by atoms with van der Waals surface area (Å²) in [5.74, 6) is -0.0196. The molecule has 0 spiro atoms. The molecule has 0 radical (unpaired) electrons. The van der Waals surface area contributed by atoms with Gasteiger partial charge < -0.3 is 20.3 Å². The average Bonchev–Trinajstić information content (AvgIpc) is 3.51. The highest BCUT2D eigenvalue weighted by molar-refractivity contribution is 5.76. The molecule has 0 aliphatic rings. The zero-order chi connectivity index (χ0) is 61.3. The zero-order valence-corrected chi connectivity index (χ0v) is 57.6. The number of nitrogens with one attached hydrogen (secondary N) is 1. The van der Waals surface area contributed by atoms with E-state index < -0.39 is 12.1 Å². The lowest BCUT2D eigenvalue weighted by molar-refractivity contribution is -0.143. The number of aliphatic hydroxyl groups is 2. The highest BCUT2D eigenvalue weighted by atomic mass is 16.5. The first-order valence-electron chi connectivity index (χ1n) is 38.7. The van der Waals surface area contributed by atoms with Gasteiger partial charge in [0.2, 0.25) is 5.91 Å². The summed E-state index contributed by atoms with van der Waals surface area (Å²) < 4.78 is 5.49. The first-order chi connectivity index (χ1) is 42.0. The fourth-order valence-electron chi connectivity index (χ4n) is 12.3. The maximum atomic E-state index is 12.5. The van der Waals surface area contributed by atoms with E-state index in [1.165, 1.54) is 347 Å². The third-order valence-corrected chi connectivity index (χ3v) is 18.2. The molecule has 0 aliphatic heterocycles. The van der Waals surface area contributed by atoms with Crippen molar-refractivity contribution in [2.75, 3.05) is 13.2 Å². The van der Waals surface area contributed by atoms with E-state index >= 15 is 0 Å². The van der Waals surface area contributed by atoms with Gasteiger partial charge in [0.15, 0.2) is 0 Å². The number of ether oxygens (including phenoxy) is 1. The second-order valence-electron chi connectivity index (χ2n) is 26.7. The Morgan fingerprint density at radius 3 is 0.929 bits per heavy atom. The average molecular weight is 1200 g/mol. The lowest BCUT2D eigenvalue weighted by Gasteiger charge is -2.22. The van der Waals surface area contributed by atoms with Gasteiger partial charge >= 0.3 is 5.97 Å². The van der Waals surface area contributed by atoms with Crippen molar-refractivity contribution in [3.63, 3.8) is 0 Å². The Morgan fingerprint density at radius 2 is 0.588 bits per heavy atom. The van der Waals surface area contributed by atoms with Crippen LogP contribution in [0.5, 0.6) is 0 Å². The summed E-state index contributed by atoms with van der Waals surface area (Å²) in [6.07, 6.45) is 96.6. The Labute approximate surface area is 532 Å². The summed E-state index contributed by atoms with van der Waals surface area (Å²) >= 11 is 0. The van der Waals surface area contributed by atoms with E-state index in [0.717, 1.165) is 51.4 Å². The Kier molecular flexibility index (Phi) is 72.9. The van der Waals surface area contributed by atoms with Crippen LogP contribution in [-0.2, 0) is 14.3 Å². The van der Waals surface area contributed by atoms with Gasteiger partial charge in [-0.3, -0.25) is 9.59 Å². The summed E-state index contributed by atoms with van der Waals surface area (Å²) in [7, 11) is 0. The minimum absolute atomic E-state index is 0.00788. The second kappa shape index (κ2) is 74.5. The van der Waals surface area contributed by atoms with E-state index in [9.17, 15) is 19.8 Å². The van der Waals surface area contributed by atoms with Gasteiger partial charge in [0, 0.05) is 12.8 Å². The van der Waals surface area contributed by atoms with E-state index in [1.54, 1.807) is 0 Å². The van der Waals surface area contributed by atoms with Gasteiger partial charge in [-0.1, -0.05) is 371 Å². The van der Waals surface area contributed by atoms with Crippen molar-refractivity contribution in [2.45, 2.75) is 443 Å². The van der Waals surface area contributed by atoms with Gasteiger partial charge in [-0.25, -0.2) is 0 Å². The second-order valence-corrected chi connectivity index (χ2v) is 26.7. The van der Waals surface area contributed by atoms with Crippen LogP contribution in [0.4, 0.5) is 0 Å². The quantitative estimate of drug-likeness (QED) is 0.0320. The first kappa shape index (κ1) is 83.1. The fraction of sp³-hybridized carbons (Fsp3) is 0.899. The SMILES string of the molecule is CCCCC/C=C\C/C=C\CCCCCCCC(=O)OCCCCCCCCCCCCCCCCCC/C=C\CCCCCCCCCCCCCCCCCCCC(=O)NC(CO)C(O)CCCCCCCCCCCCCCCCCC. The number of aliphatic hydroxyl groups excluding tert-OH is 2. The molecule has 502 valence electrons. The molecule has 0 aromatic carbocycles. The van der Waals surface area contributed by atoms with Gasteiger partial charge in [0.1, 0.15) is 0 Å². The summed E-state index contributed by atoms with van der Waals surface area (Å²) in [6, 6.07) is -0.538. The monoisotopic (exact) mass is 1190 g/mol. The number of allylic oxidation sites excluding steroid dienone is 6. The number of esters is 1. The molecule has 0 heterocycles. The van der Waals surface area contributed by atoms with Crippen molar-refractivity contribution in [1.29, 1.82) is 0 Å². The third-order valence-electron chi connectivity index (χ3n) is 18.2. The van der Waals surface area contributed by atoms with Crippen molar-refractivity contribution in [3.8, 4) is 0 Å². The van der Waals surface area contributed by atoms with Gasteiger partial charge in [0.25, 0.3) is 0 Å². The fourth-order valence-corrected chi connectivity index (χ4v) is 12.3. The molecular formula is C79H151NO5. The molecule has 0 aromatic heterocycles. The summed E-state index contributed by atoms with van der Waals surface area (Å²) in [6.45, 7) is 4.96. The molecule has 0 bridgehead atoms. The molecule has 3 N–H and O–H groups in total. The highest BCUT2D eigenvalue weighted by Crippen LogP contribution is 2.19. The molecule has 0 aromatic rings. The Balaban J connectivity index is 3.33. The lowest BCUT2D eigenvalue weighted by atomic mass is 10.0. The van der Waals surface area contributed by atoms with Crippen LogP contribution in [0.3, 0.4) is 0 Å². The number of hydrogen-bond donors (Lipinski definition) is 3. The molecule has 0 rings (SSSR count). The first-order valence-corrected chi connectivity index (χ1v) is 38.7. The van der Waals surface area contributed by atoms with Gasteiger partial charge in [-0.05, 0) is 83.5 Å². The lowest BCUT2D eigenvalue weighted by Crippen LogP contribution is -2.45. The van der Waals surface area contributed by atoms with Crippen molar-refractivity contribution in [3.05, 3.63) is 36.5 Å². The number of amides is 1. The highest BCUT2D eigenvalue weighted by Gasteiger charge is 2.20. The van der Waals surface area contributed by atoms with Crippen LogP contribution in [-0.4, -0.2) is 47.4 Å². The Bertz CT molecular complexity index is 1380. The van der Waals surface area contributed by atoms with E-state index in [1.807, 2.05) is 0 Å². The Hall–Kier alpha value is -1.92. The van der Waals surface area contributed by atoms with E-state index in [-0.39, 0.29) is 18.5 Å². The predicted octanol–water partition coefficient (Wildman–Crippen LogP) is 25.4. The van der Waals surface area contributed by atoms with E-state index in [2.05, 4.69) is 55.6 Å². The summed E-state index contributed by atoms with van der Waals surface area (Å²) in [4.78, 5) is 24.6. The van der Waals surface area contributed by atoms with Crippen LogP contribution in [0.1, 0.15) is 431 Å². The summed E-state index contributed by atoms with van der Waals surface area (Å²) in [5.41, 5.74) is 0. The van der Waals surface area contributed by atoms with Crippen LogP contribution in [0, 0.1) is 0 Å². The van der Waals surface area contributed by atoms with Crippen LogP contribution < -0.4 is 5.32 Å². The van der Waals surface area contributed by atoms with Crippen LogP contribution >= 0.6 is 0 Å². The van der Waals surface area contributed by atoms with Crippen molar-refractivity contribution < 1.29 is 24.5 Å². The molecular weight excluding hydrogens is 1040 g/mol. The van der Waals surface area contributed by atoms with Gasteiger partial charge in [-0.15, -0.1) is 0 Å². The molecule has 2 atom stereocenters. The van der Waals surface area contributed by atoms with Gasteiger partial charge in [0.05, 0.1) is 25.4 Å². The normalized spacial score (nSPS) is 12.7. The maximum Gasteiger partial charge on any atom is 0.305 e. The Morgan fingerprint density at radius 1 is 0.329 bits per heavy atom. The van der Waals surface area contributed by atoms with Gasteiger partial charge in [-0.2, -0.15) is 0 Å². The molecule has 1 amide bonds. The predicted molar refractivity (Wildman–Crippen MR) is 375 cm³/mol. The molecule has 6 heteroatoms. The van der Waals surface area contributed by atoms with Crippen molar-refractivity contribution in [1.82, 2.24) is 5.32 Å². The topological polar surface area (TPSA) is 95.9 Å². The molecule has 0 fully saturated rings. The van der Waals surface area contributed by atoms with E-state index in [0.29, 0.717) is 25.9 Å². The van der Waals surface area contributed by atoms with Crippen LogP contribution in [0.25, 0.3) is 0 Å². The van der Waals surface area contributed by atoms with Crippen LogP contribution in [0.15, 0.2) is 36.5 Å². The van der Waals surface area contributed by atoms with Crippen molar-refractivity contribution >= 4 is 11.9 Å². The number of hydrogen-bond acceptors (Lipinski definition) is 5. The van der Waals surface area contributed by atoms with Crippen molar-refractivity contribution in [2.24, 2.45) is 0 Å². The number of rotatable bonds is 73. The molecule has 0 saturated heterocycles. The maximum absolute atomic E-state index is 12.5. The number of carbonyl (C=O) groups is 2. The zero-order valence-electron chi connectivity index (χ0n) is 57.6. The molecule has 0 saturated carbocycles. The number of carbonyl (C=O) groups excluding carboxylic acids is 2. The largest absolute Gasteiger partial charge is 0.466 e. The molecule has 85 heavy (non-hydrogen) atoms. The molecule has 6 nitrogen and oxygen atoms in total. The summed E-state index contributed by atoms with van der Waals surface area (Å²) in [5, 5.41) is 23.4. The third kappa shape index (κ3) is 71.0. The number of unbranched alkanes of at least 4 members (excludes halogenated alkanes) is 56. The molecule has 0 aliphatic carbocycles. The van der Waals surface area contributed by atoms with Crippen LogP contribution in [0.2, 0.25) is 0 Å². The minimum Gasteiger partial charge on any atom is -0.466 e. The van der Waals surface area contributed by atoms with E-state index in [4.69, 9.17) is 4.74 Å². The smallest absolute Gasteiger partial charge is 0.305 e. The molecule has 2 unspecified atom stereocenters. The minimum atomic E-state index is -0.661. The standard InChI is InChI=1S/C79H151NO5/c1-3-5-7-9-11-13-15-17-19-44-47-51-55-59-63-67-71-77(82)76(75-81)80-78(83)72-68-64-60-56-52-48-45-41-39-37-35-33-31-29-27-25-23-21-20-22-24-26-28-30-32-34-36-38-40-42-46-50-54-58-62-66-70-74-85-79(84)73-69-65-61-57-53-49-43-18-16-14-12-10-8-6-4-2/h12,14,18,20,22,43,76-77,81-82H,3-11,13,15-17,19,21,23-42,44-75H2,1-2H3,(H,80,83)/b14-12-,22-20-,43-18-.